The van der Waals surface area contributed by atoms with Crippen LogP contribution in [-0.4, -0.2) is 36.5 Å². The number of methoxy groups -OCH3 is 1. The maximum Gasteiger partial charge on any atom is 0.234 e. The summed E-state index contributed by atoms with van der Waals surface area (Å²) >= 11 is 0. The SMILES string of the molecule is CCN(CC(=O)NC(C)(C)C)Cc1cccc(OC)c1. The Labute approximate surface area is 122 Å². The minimum atomic E-state index is -0.188. The van der Waals surface area contributed by atoms with Crippen molar-refractivity contribution >= 4 is 5.91 Å². The lowest BCUT2D eigenvalue weighted by Crippen LogP contribution is -2.45. The van der Waals surface area contributed by atoms with Crippen LogP contribution in [0, 0.1) is 0 Å². The molecule has 4 heteroatoms. The first-order valence-electron chi connectivity index (χ1n) is 7.00. The molecule has 20 heavy (non-hydrogen) atoms. The Hall–Kier alpha value is -1.55. The van der Waals surface area contributed by atoms with Crippen LogP contribution in [0.4, 0.5) is 0 Å². The normalized spacial score (nSPS) is 11.5. The van der Waals surface area contributed by atoms with Gasteiger partial charge in [0.15, 0.2) is 0 Å². The molecule has 0 atom stereocenters. The van der Waals surface area contributed by atoms with Crippen LogP contribution in [0.15, 0.2) is 24.3 Å². The molecular weight excluding hydrogens is 252 g/mol. The number of hydrogen-bond donors (Lipinski definition) is 1. The van der Waals surface area contributed by atoms with Crippen molar-refractivity contribution in [2.45, 2.75) is 39.8 Å². The molecule has 0 heterocycles. The fourth-order valence-electron chi connectivity index (χ4n) is 1.97. The van der Waals surface area contributed by atoms with Gasteiger partial charge in [-0.05, 0) is 45.0 Å². The van der Waals surface area contributed by atoms with Gasteiger partial charge in [-0.1, -0.05) is 19.1 Å². The second kappa shape index (κ2) is 7.29. The van der Waals surface area contributed by atoms with Gasteiger partial charge in [-0.3, -0.25) is 9.69 Å². The van der Waals surface area contributed by atoms with Crippen molar-refractivity contribution in [3.8, 4) is 5.75 Å². The minimum absolute atomic E-state index is 0.0576. The Morgan fingerprint density at radius 1 is 1.35 bits per heavy atom. The Balaban J connectivity index is 2.60. The second-order valence-corrected chi connectivity index (χ2v) is 5.95. The van der Waals surface area contributed by atoms with Gasteiger partial charge in [0, 0.05) is 12.1 Å². The van der Waals surface area contributed by atoms with Gasteiger partial charge in [-0.25, -0.2) is 0 Å². The molecule has 0 aliphatic rings. The predicted octanol–water partition coefficient (Wildman–Crippen LogP) is 2.43. The van der Waals surface area contributed by atoms with Gasteiger partial charge in [-0.2, -0.15) is 0 Å². The fourth-order valence-corrected chi connectivity index (χ4v) is 1.97. The van der Waals surface area contributed by atoms with Crippen LogP contribution in [0.1, 0.15) is 33.3 Å². The van der Waals surface area contributed by atoms with Crippen LogP contribution in [0.25, 0.3) is 0 Å². The molecule has 0 aliphatic carbocycles. The molecule has 4 nitrogen and oxygen atoms in total. The molecule has 112 valence electrons. The quantitative estimate of drug-likeness (QED) is 0.869. The second-order valence-electron chi connectivity index (χ2n) is 5.95. The largest absolute Gasteiger partial charge is 0.497 e. The maximum atomic E-state index is 12.0. The molecule has 0 spiro atoms. The van der Waals surface area contributed by atoms with E-state index in [9.17, 15) is 4.79 Å². The Kier molecular flexibility index (Phi) is 6.02. The highest BCUT2D eigenvalue weighted by molar-refractivity contribution is 5.78. The molecule has 0 fully saturated rings. The van der Waals surface area contributed by atoms with Crippen molar-refractivity contribution in [3.05, 3.63) is 29.8 Å². The summed E-state index contributed by atoms with van der Waals surface area (Å²) in [5.74, 6) is 0.903. The van der Waals surface area contributed by atoms with E-state index in [0.29, 0.717) is 6.54 Å². The standard InChI is InChI=1S/C16H26N2O2/c1-6-18(12-15(19)17-16(2,3)4)11-13-8-7-9-14(10-13)20-5/h7-10H,6,11-12H2,1-5H3,(H,17,19). The van der Waals surface area contributed by atoms with Crippen molar-refractivity contribution in [1.82, 2.24) is 10.2 Å². The molecule has 0 saturated carbocycles. The van der Waals surface area contributed by atoms with E-state index < -0.39 is 0 Å². The number of ether oxygens (including phenoxy) is 1. The van der Waals surface area contributed by atoms with Gasteiger partial charge in [0.1, 0.15) is 5.75 Å². The summed E-state index contributed by atoms with van der Waals surface area (Å²) in [6.45, 7) is 10.0. The smallest absolute Gasteiger partial charge is 0.234 e. The highest BCUT2D eigenvalue weighted by Crippen LogP contribution is 2.14. The number of carbonyl (C=O) groups excluding carboxylic acids is 1. The van der Waals surface area contributed by atoms with E-state index in [4.69, 9.17) is 4.74 Å². The summed E-state index contributed by atoms with van der Waals surface area (Å²) in [5, 5.41) is 2.99. The van der Waals surface area contributed by atoms with Crippen LogP contribution in [0.5, 0.6) is 5.75 Å². The van der Waals surface area contributed by atoms with E-state index in [1.165, 1.54) is 0 Å². The summed E-state index contributed by atoms with van der Waals surface area (Å²) < 4.78 is 5.22. The van der Waals surface area contributed by atoms with E-state index in [0.717, 1.165) is 24.4 Å². The van der Waals surface area contributed by atoms with Crippen molar-refractivity contribution in [3.63, 3.8) is 0 Å². The molecule has 0 aromatic heterocycles. The van der Waals surface area contributed by atoms with Crippen molar-refractivity contribution < 1.29 is 9.53 Å². The number of hydrogen-bond acceptors (Lipinski definition) is 3. The van der Waals surface area contributed by atoms with Crippen LogP contribution in [0.2, 0.25) is 0 Å². The molecule has 1 amide bonds. The van der Waals surface area contributed by atoms with E-state index in [2.05, 4.69) is 17.1 Å². The Morgan fingerprint density at radius 2 is 2.05 bits per heavy atom. The topological polar surface area (TPSA) is 41.6 Å². The highest BCUT2D eigenvalue weighted by atomic mass is 16.5. The van der Waals surface area contributed by atoms with Crippen molar-refractivity contribution in [1.29, 1.82) is 0 Å². The molecule has 1 aromatic carbocycles. The molecule has 1 rings (SSSR count). The van der Waals surface area contributed by atoms with Crippen LogP contribution in [0.3, 0.4) is 0 Å². The first-order valence-corrected chi connectivity index (χ1v) is 7.00. The lowest BCUT2D eigenvalue weighted by Gasteiger charge is -2.25. The lowest BCUT2D eigenvalue weighted by atomic mass is 10.1. The molecule has 0 unspecified atom stereocenters. The number of amides is 1. The number of rotatable bonds is 6. The molecule has 0 radical (unpaired) electrons. The summed E-state index contributed by atoms with van der Waals surface area (Å²) in [5.41, 5.74) is 0.960. The average molecular weight is 278 g/mol. The van der Waals surface area contributed by atoms with Gasteiger partial charge in [-0.15, -0.1) is 0 Å². The predicted molar refractivity (Wildman–Crippen MR) is 81.8 cm³/mol. The maximum absolute atomic E-state index is 12.0. The Bertz CT molecular complexity index is 438. The first kappa shape index (κ1) is 16.5. The molecule has 0 aliphatic heterocycles. The van der Waals surface area contributed by atoms with E-state index in [-0.39, 0.29) is 11.4 Å². The van der Waals surface area contributed by atoms with Crippen molar-refractivity contribution in [2.24, 2.45) is 0 Å². The van der Waals surface area contributed by atoms with Crippen LogP contribution in [-0.2, 0) is 11.3 Å². The number of nitrogens with zero attached hydrogens (tertiary/aromatic N) is 1. The van der Waals surface area contributed by atoms with Gasteiger partial charge < -0.3 is 10.1 Å². The lowest BCUT2D eigenvalue weighted by molar-refractivity contribution is -0.123. The third kappa shape index (κ3) is 6.06. The fraction of sp³-hybridized carbons (Fsp3) is 0.562. The number of carbonyl (C=O) groups is 1. The molecule has 0 bridgehead atoms. The van der Waals surface area contributed by atoms with Crippen molar-refractivity contribution in [2.75, 3.05) is 20.2 Å². The van der Waals surface area contributed by atoms with Gasteiger partial charge in [0.2, 0.25) is 5.91 Å². The zero-order valence-corrected chi connectivity index (χ0v) is 13.2. The minimum Gasteiger partial charge on any atom is -0.497 e. The van der Waals surface area contributed by atoms with E-state index in [1.54, 1.807) is 7.11 Å². The summed E-state index contributed by atoms with van der Waals surface area (Å²) in [6, 6.07) is 7.94. The first-order chi connectivity index (χ1) is 9.34. The van der Waals surface area contributed by atoms with E-state index in [1.807, 2.05) is 45.0 Å². The van der Waals surface area contributed by atoms with Crippen LogP contribution < -0.4 is 10.1 Å². The number of likely N-dealkylation sites (N-methyl/N-ethyl adjacent to an activating group) is 1. The Morgan fingerprint density at radius 3 is 2.60 bits per heavy atom. The zero-order valence-electron chi connectivity index (χ0n) is 13.2. The zero-order chi connectivity index (χ0) is 15.2. The molecule has 0 saturated heterocycles. The van der Waals surface area contributed by atoms with Gasteiger partial charge >= 0.3 is 0 Å². The van der Waals surface area contributed by atoms with E-state index >= 15 is 0 Å². The highest BCUT2D eigenvalue weighted by Gasteiger charge is 2.16. The van der Waals surface area contributed by atoms with Gasteiger partial charge in [0.25, 0.3) is 0 Å². The third-order valence-corrected chi connectivity index (χ3v) is 2.87. The number of benzene rings is 1. The van der Waals surface area contributed by atoms with Gasteiger partial charge in [0.05, 0.1) is 13.7 Å². The average Bonchev–Trinajstić information content (AvgIpc) is 2.36. The monoisotopic (exact) mass is 278 g/mol. The molecule has 1 N–H and O–H groups in total. The molecule has 1 aromatic rings. The number of nitrogens with one attached hydrogen (secondary N) is 1. The molecular formula is C16H26N2O2. The summed E-state index contributed by atoms with van der Waals surface area (Å²) in [7, 11) is 1.66. The third-order valence-electron chi connectivity index (χ3n) is 2.87. The van der Waals surface area contributed by atoms with Crippen LogP contribution >= 0.6 is 0 Å². The summed E-state index contributed by atoms with van der Waals surface area (Å²) in [4.78, 5) is 14.1. The summed E-state index contributed by atoms with van der Waals surface area (Å²) in [6.07, 6.45) is 0.